The molecule has 1 aliphatic rings. The molecule has 3 rings (SSSR count). The maximum absolute atomic E-state index is 11.8. The number of hydrogen-bond donors (Lipinski definition) is 0. The van der Waals surface area contributed by atoms with Crippen molar-refractivity contribution in [3.63, 3.8) is 0 Å². The fourth-order valence-electron chi connectivity index (χ4n) is 3.60. The molecule has 130 valence electrons. The second kappa shape index (κ2) is 7.01. The summed E-state index contributed by atoms with van der Waals surface area (Å²) in [7, 11) is 2.76. The first kappa shape index (κ1) is 17.1. The average Bonchev–Trinajstić information content (AvgIpc) is 2.95. The number of methoxy groups -OCH3 is 2. The molecule has 0 amide bonds. The molecule has 0 spiro atoms. The van der Waals surface area contributed by atoms with Crippen LogP contribution in [0.4, 0.5) is 0 Å². The van der Waals surface area contributed by atoms with E-state index in [1.807, 2.05) is 24.3 Å². The monoisotopic (exact) mass is 340 g/mol. The molecule has 0 atom stereocenters. The number of ether oxygens (including phenoxy) is 2. The highest BCUT2D eigenvalue weighted by atomic mass is 16.5. The van der Waals surface area contributed by atoms with Crippen LogP contribution in [-0.2, 0) is 24.5 Å². The summed E-state index contributed by atoms with van der Waals surface area (Å²) in [6, 6.07) is 7.74. The number of carbonyl (C=O) groups excluding carboxylic acids is 2. The van der Waals surface area contributed by atoms with E-state index in [1.54, 1.807) is 12.4 Å². The van der Waals surface area contributed by atoms with Crippen molar-refractivity contribution in [1.29, 1.82) is 0 Å². The summed E-state index contributed by atoms with van der Waals surface area (Å²) in [5.41, 5.74) is 3.11. The molecule has 0 unspecified atom stereocenters. The van der Waals surface area contributed by atoms with Crippen LogP contribution in [0.1, 0.15) is 36.8 Å². The highest BCUT2D eigenvalue weighted by molar-refractivity contribution is 5.77. The van der Waals surface area contributed by atoms with Crippen molar-refractivity contribution in [2.75, 3.05) is 14.2 Å². The fourth-order valence-corrected chi connectivity index (χ4v) is 3.60. The summed E-state index contributed by atoms with van der Waals surface area (Å²) in [6.07, 6.45) is 5.00. The number of esters is 2. The minimum absolute atomic E-state index is 0.250. The molecule has 25 heavy (non-hydrogen) atoms. The lowest BCUT2D eigenvalue weighted by Gasteiger charge is -2.31. The predicted octanol–water partition coefficient (Wildman–Crippen LogP) is 2.65. The number of fused-ring (bicyclic) bond motifs is 3. The largest absolute Gasteiger partial charge is 0.469 e. The smallest absolute Gasteiger partial charge is 0.305 e. The normalized spacial score (nSPS) is 13.7. The zero-order chi connectivity index (χ0) is 17.9. The first-order valence-electron chi connectivity index (χ1n) is 8.17. The van der Waals surface area contributed by atoms with E-state index in [0.717, 1.165) is 22.5 Å². The zero-order valence-electron chi connectivity index (χ0n) is 14.3. The first-order valence-corrected chi connectivity index (χ1v) is 8.17. The number of carbonyl (C=O) groups is 2. The fraction of sp³-hybridized carbons (Fsp3) is 0.368. The molecule has 0 saturated carbocycles. The van der Waals surface area contributed by atoms with Gasteiger partial charge >= 0.3 is 11.9 Å². The van der Waals surface area contributed by atoms with E-state index in [4.69, 9.17) is 9.47 Å². The maximum atomic E-state index is 11.8. The third kappa shape index (κ3) is 2.99. The van der Waals surface area contributed by atoms with E-state index >= 15 is 0 Å². The molecule has 0 aromatic carbocycles. The molecule has 0 fully saturated rings. The Kier molecular flexibility index (Phi) is 4.79. The lowest BCUT2D eigenvalue weighted by molar-refractivity contribution is -0.141. The Balaban J connectivity index is 2.08. The first-order chi connectivity index (χ1) is 12.1. The van der Waals surface area contributed by atoms with Gasteiger partial charge in [0.25, 0.3) is 0 Å². The van der Waals surface area contributed by atoms with Gasteiger partial charge in [0.05, 0.1) is 25.6 Å². The molecule has 2 heterocycles. The summed E-state index contributed by atoms with van der Waals surface area (Å²) in [5.74, 6) is -0.555. The van der Waals surface area contributed by atoms with Gasteiger partial charge in [-0.25, -0.2) is 0 Å². The Labute approximate surface area is 146 Å². The summed E-state index contributed by atoms with van der Waals surface area (Å²) in [4.78, 5) is 32.6. The van der Waals surface area contributed by atoms with Gasteiger partial charge in [-0.15, -0.1) is 0 Å². The molecular weight excluding hydrogens is 320 g/mol. The van der Waals surface area contributed by atoms with Crippen LogP contribution in [0.25, 0.3) is 11.4 Å². The van der Waals surface area contributed by atoms with E-state index in [0.29, 0.717) is 12.8 Å². The van der Waals surface area contributed by atoms with Crippen LogP contribution in [0.5, 0.6) is 0 Å². The van der Waals surface area contributed by atoms with E-state index < -0.39 is 5.41 Å². The van der Waals surface area contributed by atoms with Gasteiger partial charge in [-0.1, -0.05) is 12.1 Å². The van der Waals surface area contributed by atoms with E-state index in [1.165, 1.54) is 14.2 Å². The van der Waals surface area contributed by atoms with Crippen molar-refractivity contribution in [2.45, 2.75) is 31.1 Å². The van der Waals surface area contributed by atoms with Gasteiger partial charge in [0.15, 0.2) is 0 Å². The molecule has 0 saturated heterocycles. The molecule has 0 N–H and O–H groups in total. The van der Waals surface area contributed by atoms with E-state index in [-0.39, 0.29) is 24.8 Å². The highest BCUT2D eigenvalue weighted by Crippen LogP contribution is 2.52. The van der Waals surface area contributed by atoms with Crippen molar-refractivity contribution < 1.29 is 19.1 Å². The third-order valence-corrected chi connectivity index (χ3v) is 4.84. The van der Waals surface area contributed by atoms with Crippen molar-refractivity contribution >= 4 is 11.9 Å². The number of aromatic nitrogens is 2. The molecule has 0 radical (unpaired) electrons. The number of hydrogen-bond acceptors (Lipinski definition) is 6. The average molecular weight is 340 g/mol. The van der Waals surface area contributed by atoms with Crippen LogP contribution in [0.2, 0.25) is 0 Å². The summed E-state index contributed by atoms with van der Waals surface area (Å²) in [6.45, 7) is 0. The highest BCUT2D eigenvalue weighted by Gasteiger charge is 2.44. The molecule has 2 aromatic heterocycles. The number of nitrogens with zero attached hydrogens (tertiary/aromatic N) is 2. The lowest BCUT2D eigenvalue weighted by atomic mass is 9.72. The Morgan fingerprint density at radius 2 is 1.32 bits per heavy atom. The zero-order valence-corrected chi connectivity index (χ0v) is 14.3. The van der Waals surface area contributed by atoms with Gasteiger partial charge in [0.2, 0.25) is 0 Å². The van der Waals surface area contributed by atoms with Gasteiger partial charge in [-0.3, -0.25) is 19.6 Å². The van der Waals surface area contributed by atoms with E-state index in [2.05, 4.69) is 9.97 Å². The van der Waals surface area contributed by atoms with Crippen LogP contribution in [0.3, 0.4) is 0 Å². The predicted molar refractivity (Wildman–Crippen MR) is 90.7 cm³/mol. The number of rotatable bonds is 6. The van der Waals surface area contributed by atoms with Gasteiger partial charge in [-0.05, 0) is 36.1 Å². The molecule has 6 heteroatoms. The van der Waals surface area contributed by atoms with Crippen LogP contribution >= 0.6 is 0 Å². The number of pyridine rings is 2. The Bertz CT molecular complexity index is 736. The van der Waals surface area contributed by atoms with Crippen LogP contribution in [-0.4, -0.2) is 36.1 Å². The van der Waals surface area contributed by atoms with Crippen LogP contribution in [0, 0.1) is 0 Å². The minimum Gasteiger partial charge on any atom is -0.469 e. The SMILES string of the molecule is COC(=O)CCC1(CCC(=O)OC)c2cccnc2-c2ncccc21. The van der Waals surface area contributed by atoms with Crippen molar-refractivity contribution in [2.24, 2.45) is 0 Å². The summed E-state index contributed by atoms with van der Waals surface area (Å²) in [5, 5.41) is 0. The Morgan fingerprint density at radius 1 is 0.880 bits per heavy atom. The van der Waals surface area contributed by atoms with Gasteiger partial charge < -0.3 is 9.47 Å². The van der Waals surface area contributed by atoms with Crippen molar-refractivity contribution in [3.8, 4) is 11.4 Å². The maximum Gasteiger partial charge on any atom is 0.305 e. The minimum atomic E-state index is -0.504. The van der Waals surface area contributed by atoms with Gasteiger partial charge in [-0.2, -0.15) is 0 Å². The van der Waals surface area contributed by atoms with Crippen molar-refractivity contribution in [1.82, 2.24) is 9.97 Å². The second-order valence-electron chi connectivity index (χ2n) is 6.03. The van der Waals surface area contributed by atoms with Gasteiger partial charge in [0, 0.05) is 30.7 Å². The van der Waals surface area contributed by atoms with E-state index in [9.17, 15) is 9.59 Å². The summed E-state index contributed by atoms with van der Waals surface area (Å²) >= 11 is 0. The molecule has 0 aliphatic heterocycles. The third-order valence-electron chi connectivity index (χ3n) is 4.84. The second-order valence-corrected chi connectivity index (χ2v) is 6.03. The molecular formula is C19H20N2O4. The van der Waals surface area contributed by atoms with Crippen LogP contribution in [0.15, 0.2) is 36.7 Å². The Hall–Kier alpha value is -2.76. The summed E-state index contributed by atoms with van der Waals surface area (Å²) < 4.78 is 9.63. The quantitative estimate of drug-likeness (QED) is 0.752. The molecule has 1 aliphatic carbocycles. The van der Waals surface area contributed by atoms with Gasteiger partial charge in [0.1, 0.15) is 0 Å². The molecule has 0 bridgehead atoms. The Morgan fingerprint density at radius 3 is 1.72 bits per heavy atom. The topological polar surface area (TPSA) is 78.4 Å². The standard InChI is InChI=1S/C19H20N2O4/c1-24-15(22)7-9-19(10-8-16(23)25-2)13-5-3-11-20-17(13)18-14(19)6-4-12-21-18/h3-6,11-12H,7-10H2,1-2H3. The van der Waals surface area contributed by atoms with Crippen LogP contribution < -0.4 is 0 Å². The molecule has 2 aromatic rings. The molecule has 6 nitrogen and oxygen atoms in total. The lowest BCUT2D eigenvalue weighted by Crippen LogP contribution is -2.28. The van der Waals surface area contributed by atoms with Crippen molar-refractivity contribution in [3.05, 3.63) is 47.8 Å².